The molecule has 0 N–H and O–H groups in total. The van der Waals surface area contributed by atoms with E-state index in [-0.39, 0.29) is 0 Å². The van der Waals surface area contributed by atoms with Crippen molar-refractivity contribution in [2.45, 2.75) is 51.0 Å². The van der Waals surface area contributed by atoms with Gasteiger partial charge in [-0.25, -0.2) is 0 Å². The molecular formula is C13H23O2. The minimum Gasteiger partial charge on any atom is -0.385 e. The summed E-state index contributed by atoms with van der Waals surface area (Å²) in [6.45, 7) is 0.909. The van der Waals surface area contributed by atoms with Gasteiger partial charge in [0.25, 0.3) is 0 Å². The van der Waals surface area contributed by atoms with Crippen molar-refractivity contribution in [2.75, 3.05) is 20.8 Å². The van der Waals surface area contributed by atoms with Crippen molar-refractivity contribution in [3.05, 3.63) is 5.92 Å². The van der Waals surface area contributed by atoms with Gasteiger partial charge < -0.3 is 9.47 Å². The van der Waals surface area contributed by atoms with Crippen LogP contribution in [0.2, 0.25) is 0 Å². The van der Waals surface area contributed by atoms with Crippen LogP contribution in [0.5, 0.6) is 0 Å². The SMILES string of the molecule is COCCCC1([C]2CCC2OC)CCC1. The van der Waals surface area contributed by atoms with Crippen LogP contribution in [-0.4, -0.2) is 26.9 Å². The molecule has 2 saturated carbocycles. The second-order valence-electron chi connectivity index (χ2n) is 5.02. The molecule has 2 aliphatic rings. The molecule has 0 bridgehead atoms. The molecule has 0 aromatic rings. The fourth-order valence-corrected chi connectivity index (χ4v) is 3.16. The van der Waals surface area contributed by atoms with Gasteiger partial charge in [-0.15, -0.1) is 0 Å². The lowest BCUT2D eigenvalue weighted by atomic mass is 9.52. The summed E-state index contributed by atoms with van der Waals surface area (Å²) >= 11 is 0. The van der Waals surface area contributed by atoms with E-state index in [2.05, 4.69) is 0 Å². The highest BCUT2D eigenvalue weighted by Crippen LogP contribution is 2.58. The molecular weight excluding hydrogens is 188 g/mol. The Morgan fingerprint density at radius 2 is 2.13 bits per heavy atom. The first-order chi connectivity index (χ1) is 7.32. The van der Waals surface area contributed by atoms with Crippen molar-refractivity contribution in [3.8, 4) is 0 Å². The van der Waals surface area contributed by atoms with Crippen molar-refractivity contribution in [2.24, 2.45) is 5.41 Å². The third kappa shape index (κ3) is 2.07. The molecule has 1 unspecified atom stereocenters. The maximum Gasteiger partial charge on any atom is 0.0639 e. The van der Waals surface area contributed by atoms with Gasteiger partial charge in [-0.1, -0.05) is 6.42 Å². The van der Waals surface area contributed by atoms with Crippen LogP contribution in [-0.2, 0) is 9.47 Å². The normalized spacial score (nSPS) is 29.6. The summed E-state index contributed by atoms with van der Waals surface area (Å²) in [5.74, 6) is 1.72. The summed E-state index contributed by atoms with van der Waals surface area (Å²) in [4.78, 5) is 0. The summed E-state index contributed by atoms with van der Waals surface area (Å²) in [6.07, 6.45) is 9.76. The highest BCUT2D eigenvalue weighted by atomic mass is 16.5. The Morgan fingerprint density at radius 3 is 2.53 bits per heavy atom. The van der Waals surface area contributed by atoms with Crippen LogP contribution in [0.4, 0.5) is 0 Å². The monoisotopic (exact) mass is 211 g/mol. The first-order valence-corrected chi connectivity index (χ1v) is 6.20. The standard InChI is InChI=1S/C13H23O2/c1-14-10-4-9-13(7-3-8-13)11-5-6-12(11)15-2/h12H,3-10H2,1-2H3. The average Bonchev–Trinajstić information content (AvgIpc) is 2.13. The Bertz CT molecular complexity index is 197. The molecule has 0 aromatic heterocycles. The summed E-state index contributed by atoms with van der Waals surface area (Å²) in [5.41, 5.74) is 0.553. The predicted molar refractivity (Wildman–Crippen MR) is 60.7 cm³/mol. The maximum absolute atomic E-state index is 5.52. The van der Waals surface area contributed by atoms with Crippen molar-refractivity contribution >= 4 is 0 Å². The van der Waals surface area contributed by atoms with E-state index in [1.165, 1.54) is 44.9 Å². The van der Waals surface area contributed by atoms with Gasteiger partial charge in [-0.05, 0) is 43.9 Å². The highest BCUT2D eigenvalue weighted by Gasteiger charge is 2.50. The van der Waals surface area contributed by atoms with E-state index in [4.69, 9.17) is 9.47 Å². The first-order valence-electron chi connectivity index (χ1n) is 6.20. The lowest BCUT2D eigenvalue weighted by molar-refractivity contribution is -0.0163. The van der Waals surface area contributed by atoms with E-state index in [1.54, 1.807) is 13.0 Å². The van der Waals surface area contributed by atoms with E-state index < -0.39 is 0 Å². The van der Waals surface area contributed by atoms with E-state index in [1.807, 2.05) is 7.11 Å². The van der Waals surface area contributed by atoms with E-state index in [9.17, 15) is 0 Å². The Labute approximate surface area is 93.3 Å². The number of ether oxygens (including phenoxy) is 2. The van der Waals surface area contributed by atoms with Crippen LogP contribution in [0.3, 0.4) is 0 Å². The van der Waals surface area contributed by atoms with Crippen molar-refractivity contribution < 1.29 is 9.47 Å². The number of hydrogen-bond acceptors (Lipinski definition) is 2. The van der Waals surface area contributed by atoms with Gasteiger partial charge in [0.2, 0.25) is 0 Å². The Balaban J connectivity index is 1.84. The van der Waals surface area contributed by atoms with Gasteiger partial charge in [-0.2, -0.15) is 0 Å². The number of rotatable bonds is 6. The van der Waals surface area contributed by atoms with Gasteiger partial charge in [0, 0.05) is 26.7 Å². The zero-order chi connectivity index (χ0) is 10.7. The smallest absolute Gasteiger partial charge is 0.0639 e. The topological polar surface area (TPSA) is 18.5 Å². The summed E-state index contributed by atoms with van der Waals surface area (Å²) < 4.78 is 10.7. The number of hydrogen-bond donors (Lipinski definition) is 0. The second kappa shape index (κ2) is 4.84. The van der Waals surface area contributed by atoms with Gasteiger partial charge in [0.05, 0.1) is 6.10 Å². The Hall–Kier alpha value is -0.0800. The zero-order valence-corrected chi connectivity index (χ0v) is 10.1. The molecule has 0 spiro atoms. The molecule has 0 amide bonds. The molecule has 0 aromatic carbocycles. The molecule has 87 valence electrons. The predicted octanol–water partition coefficient (Wildman–Crippen LogP) is 2.97. The van der Waals surface area contributed by atoms with Crippen LogP contribution in [0.25, 0.3) is 0 Å². The molecule has 2 aliphatic carbocycles. The van der Waals surface area contributed by atoms with Crippen LogP contribution in [0, 0.1) is 11.3 Å². The lowest BCUT2D eigenvalue weighted by Crippen LogP contribution is -2.48. The quantitative estimate of drug-likeness (QED) is 0.629. The summed E-state index contributed by atoms with van der Waals surface area (Å²) in [7, 11) is 3.65. The van der Waals surface area contributed by atoms with Crippen LogP contribution in [0.15, 0.2) is 0 Å². The van der Waals surface area contributed by atoms with Crippen LogP contribution >= 0.6 is 0 Å². The molecule has 0 saturated heterocycles. The van der Waals surface area contributed by atoms with Crippen molar-refractivity contribution in [1.29, 1.82) is 0 Å². The maximum atomic E-state index is 5.52. The molecule has 2 heteroatoms. The van der Waals surface area contributed by atoms with E-state index in [0.717, 1.165) is 6.61 Å². The van der Waals surface area contributed by atoms with E-state index in [0.29, 0.717) is 11.5 Å². The molecule has 15 heavy (non-hydrogen) atoms. The first kappa shape index (κ1) is 11.4. The third-order valence-electron chi connectivity index (χ3n) is 4.34. The fraction of sp³-hybridized carbons (Fsp3) is 0.923. The summed E-state index contributed by atoms with van der Waals surface area (Å²) in [5, 5.41) is 0. The Kier molecular flexibility index (Phi) is 3.68. The molecule has 1 radical (unpaired) electrons. The van der Waals surface area contributed by atoms with Crippen molar-refractivity contribution in [3.63, 3.8) is 0 Å². The van der Waals surface area contributed by atoms with Gasteiger partial charge in [0.15, 0.2) is 0 Å². The largest absolute Gasteiger partial charge is 0.385 e. The third-order valence-corrected chi connectivity index (χ3v) is 4.34. The molecule has 2 nitrogen and oxygen atoms in total. The molecule has 1 atom stereocenters. The van der Waals surface area contributed by atoms with Crippen molar-refractivity contribution in [1.82, 2.24) is 0 Å². The van der Waals surface area contributed by atoms with Gasteiger partial charge in [0.1, 0.15) is 0 Å². The van der Waals surface area contributed by atoms with Crippen LogP contribution < -0.4 is 0 Å². The lowest BCUT2D eigenvalue weighted by Gasteiger charge is -2.54. The zero-order valence-electron chi connectivity index (χ0n) is 10.1. The minimum absolute atomic E-state index is 0.479. The van der Waals surface area contributed by atoms with Crippen LogP contribution in [0.1, 0.15) is 44.9 Å². The average molecular weight is 211 g/mol. The second-order valence-corrected chi connectivity index (χ2v) is 5.02. The van der Waals surface area contributed by atoms with Gasteiger partial charge in [-0.3, -0.25) is 0 Å². The van der Waals surface area contributed by atoms with E-state index >= 15 is 0 Å². The minimum atomic E-state index is 0.479. The molecule has 0 aliphatic heterocycles. The highest BCUT2D eigenvalue weighted by molar-refractivity contribution is 5.21. The molecule has 2 fully saturated rings. The molecule has 0 heterocycles. The Morgan fingerprint density at radius 1 is 1.33 bits per heavy atom. The summed E-state index contributed by atoms with van der Waals surface area (Å²) in [6, 6.07) is 0. The molecule has 2 rings (SSSR count). The number of methoxy groups -OCH3 is 2. The fourth-order valence-electron chi connectivity index (χ4n) is 3.16. The van der Waals surface area contributed by atoms with Gasteiger partial charge >= 0.3 is 0 Å².